The number of rotatable bonds is 4. The van der Waals surface area contributed by atoms with E-state index in [1.54, 1.807) is 6.08 Å². The number of aryl methyl sites for hydroxylation is 2. The number of aromatic nitrogens is 1. The van der Waals surface area contributed by atoms with Crippen molar-refractivity contribution in [3.05, 3.63) is 101 Å². The quantitative estimate of drug-likeness (QED) is 0.329. The van der Waals surface area contributed by atoms with E-state index in [0.29, 0.717) is 5.69 Å². The van der Waals surface area contributed by atoms with Crippen molar-refractivity contribution in [1.29, 1.82) is 5.26 Å². The molecule has 0 bridgehead atoms. The number of benzene rings is 3. The molecule has 4 rings (SSSR count). The summed E-state index contributed by atoms with van der Waals surface area (Å²) in [4.78, 5) is 12.8. The Morgan fingerprint density at radius 3 is 2.35 bits per heavy atom. The molecule has 0 atom stereocenters. The first kappa shape index (κ1) is 20.2. The summed E-state index contributed by atoms with van der Waals surface area (Å²) in [5.74, 6) is -0.419. The average Bonchev–Trinajstić information content (AvgIpc) is 3.05. The van der Waals surface area contributed by atoms with Crippen molar-refractivity contribution in [2.45, 2.75) is 20.8 Å². The molecule has 3 aromatic carbocycles. The van der Waals surface area contributed by atoms with Crippen molar-refractivity contribution >= 4 is 28.4 Å². The normalized spacial score (nSPS) is 11.4. The number of nitrogens with one attached hydrogen (secondary N) is 1. The highest BCUT2D eigenvalue weighted by Gasteiger charge is 2.14. The van der Waals surface area contributed by atoms with Crippen molar-refractivity contribution < 1.29 is 4.79 Å². The van der Waals surface area contributed by atoms with Gasteiger partial charge in [0.15, 0.2) is 0 Å². The second kappa shape index (κ2) is 8.33. The summed E-state index contributed by atoms with van der Waals surface area (Å²) >= 11 is 0. The molecule has 0 unspecified atom stereocenters. The molecule has 0 aliphatic heterocycles. The Morgan fingerprint density at radius 1 is 0.935 bits per heavy atom. The Bertz CT molecular complexity index is 1350. The molecular weight excluding hydrogens is 382 g/mol. The smallest absolute Gasteiger partial charge is 0.266 e. The highest BCUT2D eigenvalue weighted by Crippen LogP contribution is 2.24. The van der Waals surface area contributed by atoms with E-state index in [9.17, 15) is 10.1 Å². The summed E-state index contributed by atoms with van der Waals surface area (Å²) in [6, 6.07) is 26.0. The van der Waals surface area contributed by atoms with Crippen molar-refractivity contribution in [1.82, 2.24) is 4.57 Å². The molecule has 0 spiro atoms. The molecule has 4 heteroatoms. The first-order chi connectivity index (χ1) is 15.0. The number of nitriles is 1. The number of carbonyl (C=O) groups is 1. The van der Waals surface area contributed by atoms with E-state index < -0.39 is 5.91 Å². The Labute approximate surface area is 182 Å². The zero-order valence-electron chi connectivity index (χ0n) is 17.8. The number of carbonyl (C=O) groups excluding carboxylic acids is 1. The molecule has 31 heavy (non-hydrogen) atoms. The van der Waals surface area contributed by atoms with Crippen LogP contribution in [0.25, 0.3) is 22.5 Å². The van der Waals surface area contributed by atoms with Crippen molar-refractivity contribution in [2.24, 2.45) is 0 Å². The first-order valence-electron chi connectivity index (χ1n) is 10.1. The fraction of sp³-hybridized carbons (Fsp3) is 0.111. The van der Waals surface area contributed by atoms with Gasteiger partial charge in [0.25, 0.3) is 5.91 Å². The minimum Gasteiger partial charge on any atom is -0.321 e. The van der Waals surface area contributed by atoms with Crippen LogP contribution in [0.2, 0.25) is 0 Å². The van der Waals surface area contributed by atoms with Crippen LogP contribution in [0.5, 0.6) is 0 Å². The van der Waals surface area contributed by atoms with Gasteiger partial charge in [0.2, 0.25) is 0 Å². The lowest BCUT2D eigenvalue weighted by molar-refractivity contribution is -0.112. The molecule has 0 aliphatic rings. The second-order valence-electron chi connectivity index (χ2n) is 7.68. The van der Waals surface area contributed by atoms with E-state index in [4.69, 9.17) is 0 Å². The molecule has 1 heterocycles. The zero-order chi connectivity index (χ0) is 22.0. The number of nitrogens with zero attached hydrogens (tertiary/aromatic N) is 2. The van der Waals surface area contributed by atoms with Gasteiger partial charge in [-0.25, -0.2) is 0 Å². The van der Waals surface area contributed by atoms with Crippen molar-refractivity contribution in [3.8, 4) is 11.8 Å². The maximum Gasteiger partial charge on any atom is 0.266 e. The molecule has 0 saturated carbocycles. The van der Waals surface area contributed by atoms with Crippen LogP contribution in [0.1, 0.15) is 22.5 Å². The molecule has 4 aromatic rings. The molecule has 0 saturated heterocycles. The van der Waals surface area contributed by atoms with Gasteiger partial charge in [0.1, 0.15) is 11.6 Å². The van der Waals surface area contributed by atoms with Gasteiger partial charge in [0.05, 0.1) is 0 Å². The molecule has 152 valence electrons. The summed E-state index contributed by atoms with van der Waals surface area (Å²) in [6.45, 7) is 6.07. The number of amides is 1. The van der Waals surface area contributed by atoms with Gasteiger partial charge >= 0.3 is 0 Å². The number of hydrogen-bond acceptors (Lipinski definition) is 2. The van der Waals surface area contributed by atoms with Gasteiger partial charge < -0.3 is 9.88 Å². The maximum absolute atomic E-state index is 12.8. The van der Waals surface area contributed by atoms with Crippen LogP contribution >= 0.6 is 0 Å². The van der Waals surface area contributed by atoms with Crippen LogP contribution in [0.4, 0.5) is 5.69 Å². The van der Waals surface area contributed by atoms with Crippen molar-refractivity contribution in [2.75, 3.05) is 5.32 Å². The fourth-order valence-electron chi connectivity index (χ4n) is 3.79. The molecule has 4 nitrogen and oxygen atoms in total. The predicted molar refractivity (Wildman–Crippen MR) is 126 cm³/mol. The van der Waals surface area contributed by atoms with Gasteiger partial charge in [-0.05, 0) is 73.5 Å². The van der Waals surface area contributed by atoms with E-state index in [2.05, 4.69) is 47.1 Å². The van der Waals surface area contributed by atoms with Gasteiger partial charge in [-0.3, -0.25) is 4.79 Å². The Morgan fingerprint density at radius 2 is 1.65 bits per heavy atom. The standard InChI is InChI=1S/C27H23N3O/c1-18-8-12-26(13-9-18)30-19(2)14-23(20(30)3)15-24(17-28)27(31)29-25-11-10-21-6-4-5-7-22(21)16-25/h4-16H,1-3H3,(H,29,31). The Hall–Kier alpha value is -4.10. The third-order valence-corrected chi connectivity index (χ3v) is 5.43. The average molecular weight is 406 g/mol. The van der Waals surface area contributed by atoms with E-state index in [-0.39, 0.29) is 5.57 Å². The van der Waals surface area contributed by atoms with Crippen LogP contribution in [0.15, 0.2) is 78.4 Å². The SMILES string of the molecule is Cc1ccc(-n2c(C)cc(C=C(C#N)C(=O)Nc3ccc4ccccc4c3)c2C)cc1. The van der Waals surface area contributed by atoms with E-state index >= 15 is 0 Å². The largest absolute Gasteiger partial charge is 0.321 e. The fourth-order valence-corrected chi connectivity index (χ4v) is 3.79. The number of anilines is 1. The van der Waals surface area contributed by atoms with Crippen LogP contribution < -0.4 is 5.32 Å². The van der Waals surface area contributed by atoms with E-state index in [1.165, 1.54) is 5.56 Å². The minimum absolute atomic E-state index is 0.0670. The second-order valence-corrected chi connectivity index (χ2v) is 7.68. The van der Waals surface area contributed by atoms with Gasteiger partial charge in [-0.15, -0.1) is 0 Å². The van der Waals surface area contributed by atoms with Crippen LogP contribution in [0.3, 0.4) is 0 Å². The Kier molecular flexibility index (Phi) is 5.43. The number of hydrogen-bond donors (Lipinski definition) is 1. The lowest BCUT2D eigenvalue weighted by Crippen LogP contribution is -2.13. The first-order valence-corrected chi connectivity index (χ1v) is 10.1. The van der Waals surface area contributed by atoms with E-state index in [1.807, 2.05) is 62.4 Å². The van der Waals surface area contributed by atoms with Crippen LogP contribution in [-0.2, 0) is 4.79 Å². The van der Waals surface area contributed by atoms with Gasteiger partial charge in [0, 0.05) is 22.8 Å². The summed E-state index contributed by atoms with van der Waals surface area (Å²) in [7, 11) is 0. The topological polar surface area (TPSA) is 57.8 Å². The van der Waals surface area contributed by atoms with Crippen LogP contribution in [0, 0.1) is 32.1 Å². The van der Waals surface area contributed by atoms with Gasteiger partial charge in [-0.2, -0.15) is 5.26 Å². The molecular formula is C27H23N3O. The molecule has 0 radical (unpaired) electrons. The van der Waals surface area contributed by atoms with E-state index in [0.717, 1.165) is 33.4 Å². The molecule has 0 fully saturated rings. The van der Waals surface area contributed by atoms with Crippen LogP contribution in [-0.4, -0.2) is 10.5 Å². The summed E-state index contributed by atoms with van der Waals surface area (Å²) < 4.78 is 2.13. The summed E-state index contributed by atoms with van der Waals surface area (Å²) in [6.07, 6.45) is 1.66. The highest BCUT2D eigenvalue weighted by atomic mass is 16.1. The Balaban J connectivity index is 1.63. The maximum atomic E-state index is 12.8. The molecule has 1 N–H and O–H groups in total. The summed E-state index contributed by atoms with van der Waals surface area (Å²) in [5.41, 5.74) is 5.85. The van der Waals surface area contributed by atoms with Crippen molar-refractivity contribution in [3.63, 3.8) is 0 Å². The molecule has 1 amide bonds. The minimum atomic E-state index is -0.419. The third kappa shape index (κ3) is 4.12. The lowest BCUT2D eigenvalue weighted by Gasteiger charge is -2.10. The zero-order valence-corrected chi connectivity index (χ0v) is 17.8. The monoisotopic (exact) mass is 405 g/mol. The molecule has 0 aliphatic carbocycles. The number of fused-ring (bicyclic) bond motifs is 1. The van der Waals surface area contributed by atoms with Gasteiger partial charge in [-0.1, -0.05) is 48.0 Å². The summed E-state index contributed by atoms with van der Waals surface area (Å²) in [5, 5.41) is 14.6. The lowest BCUT2D eigenvalue weighted by atomic mass is 10.1. The molecule has 1 aromatic heterocycles. The third-order valence-electron chi connectivity index (χ3n) is 5.43. The predicted octanol–water partition coefficient (Wildman–Crippen LogP) is 6.10. The highest BCUT2D eigenvalue weighted by molar-refractivity contribution is 6.10.